The Bertz CT molecular complexity index is 302. The van der Waals surface area contributed by atoms with Crippen molar-refractivity contribution in [3.05, 3.63) is 35.9 Å². The molecule has 1 aromatic rings. The van der Waals surface area contributed by atoms with Gasteiger partial charge in [-0.15, -0.1) is 0 Å². The molecule has 0 spiro atoms. The summed E-state index contributed by atoms with van der Waals surface area (Å²) >= 11 is -1.70. The van der Waals surface area contributed by atoms with Gasteiger partial charge in [-0.3, -0.25) is 0 Å². The van der Waals surface area contributed by atoms with E-state index in [1.54, 1.807) is 0 Å². The van der Waals surface area contributed by atoms with E-state index < -0.39 is 25.0 Å². The molecule has 0 bridgehead atoms. The van der Waals surface area contributed by atoms with Crippen LogP contribution in [0.25, 0.3) is 0 Å². The van der Waals surface area contributed by atoms with E-state index in [-0.39, 0.29) is 12.1 Å². The summed E-state index contributed by atoms with van der Waals surface area (Å²) in [5.74, 6) is -0.235. The van der Waals surface area contributed by atoms with Gasteiger partial charge in [0, 0.05) is 0 Å². The number of rotatable bonds is 5. The van der Waals surface area contributed by atoms with Crippen LogP contribution >= 0.6 is 0 Å². The van der Waals surface area contributed by atoms with Gasteiger partial charge in [-0.25, -0.2) is 0 Å². The number of hydrogen-bond acceptors (Lipinski definition) is 4. The summed E-state index contributed by atoms with van der Waals surface area (Å²) in [6.45, 7) is 1.40. The van der Waals surface area contributed by atoms with E-state index in [1.807, 2.05) is 30.3 Å². The number of carbonyl (C=O) groups excluding carboxylic acids is 1. The van der Waals surface area contributed by atoms with Crippen molar-refractivity contribution in [1.82, 2.24) is 0 Å². The van der Waals surface area contributed by atoms with Gasteiger partial charge in [-0.1, -0.05) is 0 Å². The van der Waals surface area contributed by atoms with E-state index in [0.29, 0.717) is 3.93 Å². The van der Waals surface area contributed by atoms with Crippen LogP contribution in [0.4, 0.5) is 0 Å². The SMILES string of the molecule is CC(=O)[O][Hg][CH2]C(OO)c1ccccc1. The third-order valence-electron chi connectivity index (χ3n) is 1.98. The molecule has 0 aromatic heterocycles. The zero-order chi connectivity index (χ0) is 11.1. The molecule has 0 saturated carbocycles. The molecule has 0 fully saturated rings. The van der Waals surface area contributed by atoms with E-state index in [1.165, 1.54) is 6.92 Å². The maximum atomic E-state index is 10.6. The van der Waals surface area contributed by atoms with Crippen molar-refractivity contribution >= 4 is 5.97 Å². The minimum atomic E-state index is -1.70. The first-order chi connectivity index (χ1) is 7.24. The summed E-state index contributed by atoms with van der Waals surface area (Å²) in [5, 5.41) is 8.74. The Balaban J connectivity index is 2.46. The number of carbonyl (C=O) groups is 1. The van der Waals surface area contributed by atoms with Crippen molar-refractivity contribution in [3.8, 4) is 0 Å². The molecule has 1 N–H and O–H groups in total. The fraction of sp³-hybridized carbons (Fsp3) is 0.300. The molecule has 5 heteroatoms. The Kier molecular flexibility index (Phi) is 5.82. The third-order valence-corrected chi connectivity index (χ3v) is 7.31. The Morgan fingerprint density at radius 2 is 2.13 bits per heavy atom. The predicted molar refractivity (Wildman–Crippen MR) is 49.5 cm³/mol. The summed E-state index contributed by atoms with van der Waals surface area (Å²) < 4.78 is 5.64. The maximum absolute atomic E-state index is 10.6. The molecule has 0 aliphatic heterocycles. The van der Waals surface area contributed by atoms with E-state index in [0.717, 1.165) is 5.56 Å². The zero-order valence-corrected chi connectivity index (χ0v) is 14.0. The van der Waals surface area contributed by atoms with Crippen molar-refractivity contribution in [2.45, 2.75) is 17.0 Å². The van der Waals surface area contributed by atoms with Crippen molar-refractivity contribution < 1.29 is 42.6 Å². The zero-order valence-electron chi connectivity index (χ0n) is 8.55. The van der Waals surface area contributed by atoms with Gasteiger partial charge >= 0.3 is 101 Å². The van der Waals surface area contributed by atoms with Crippen molar-refractivity contribution in [3.63, 3.8) is 0 Å². The molecule has 1 aromatic carbocycles. The Labute approximate surface area is 101 Å². The molecule has 1 unspecified atom stereocenters. The molecule has 78 valence electrons. The minimum absolute atomic E-state index is 0.235. The van der Waals surface area contributed by atoms with Crippen LogP contribution in [0.5, 0.6) is 0 Å². The summed E-state index contributed by atoms with van der Waals surface area (Å²) in [6, 6.07) is 9.41. The topological polar surface area (TPSA) is 55.8 Å². The van der Waals surface area contributed by atoms with Crippen LogP contribution in [0.2, 0.25) is 3.93 Å². The molecule has 1 atom stereocenters. The fourth-order valence-corrected chi connectivity index (χ4v) is 5.37. The Hall–Kier alpha value is -0.455. The third kappa shape index (κ3) is 4.73. The quantitative estimate of drug-likeness (QED) is 0.471. The van der Waals surface area contributed by atoms with Crippen LogP contribution < -0.4 is 0 Å². The van der Waals surface area contributed by atoms with E-state index in [2.05, 4.69) is 4.89 Å². The average Bonchev–Trinajstić information content (AvgIpc) is 2.25. The monoisotopic (exact) mass is 398 g/mol. The van der Waals surface area contributed by atoms with Crippen LogP contribution in [0.3, 0.4) is 0 Å². The van der Waals surface area contributed by atoms with Crippen LogP contribution in [0, 0.1) is 0 Å². The van der Waals surface area contributed by atoms with Crippen LogP contribution in [-0.2, 0) is 37.4 Å². The second-order valence-corrected chi connectivity index (χ2v) is 8.09. The molecule has 0 saturated heterocycles. The molecule has 0 radical (unpaired) electrons. The van der Waals surface area contributed by atoms with E-state index in [4.69, 9.17) is 7.90 Å². The molecular formula is C10H12HgO4. The van der Waals surface area contributed by atoms with Gasteiger partial charge in [0.2, 0.25) is 0 Å². The molecule has 0 amide bonds. The molecule has 4 nitrogen and oxygen atoms in total. The molecule has 1 rings (SSSR count). The molecule has 0 aliphatic rings. The van der Waals surface area contributed by atoms with Gasteiger partial charge in [0.15, 0.2) is 0 Å². The second kappa shape index (κ2) is 6.92. The van der Waals surface area contributed by atoms with E-state index in [9.17, 15) is 4.79 Å². The van der Waals surface area contributed by atoms with Crippen LogP contribution in [0.1, 0.15) is 18.6 Å². The van der Waals surface area contributed by atoms with Gasteiger partial charge in [-0.2, -0.15) is 0 Å². The van der Waals surface area contributed by atoms with Crippen molar-refractivity contribution in [1.29, 1.82) is 0 Å². The molecule has 15 heavy (non-hydrogen) atoms. The summed E-state index contributed by atoms with van der Waals surface area (Å²) in [4.78, 5) is 15.0. The predicted octanol–water partition coefficient (Wildman–Crippen LogP) is 2.20. The number of hydrogen-bond donors (Lipinski definition) is 1. The summed E-state index contributed by atoms with van der Waals surface area (Å²) in [6.07, 6.45) is -0.354. The standard InChI is InChI=1S/C8H9O2.C2H4O2.Hg/c1-7(10-9)8-5-3-2-4-6-8;1-2(3)4;/h2-7,9H,1H2;1H3,(H,3,4);/q;;+1/p-1. The van der Waals surface area contributed by atoms with E-state index >= 15 is 0 Å². The van der Waals surface area contributed by atoms with Gasteiger partial charge < -0.3 is 0 Å². The fourth-order valence-electron chi connectivity index (χ4n) is 1.26. The van der Waals surface area contributed by atoms with Crippen LogP contribution in [0.15, 0.2) is 30.3 Å². The average molecular weight is 397 g/mol. The van der Waals surface area contributed by atoms with Crippen LogP contribution in [-0.4, -0.2) is 11.2 Å². The summed E-state index contributed by atoms with van der Waals surface area (Å²) in [7, 11) is 0. The Morgan fingerprint density at radius 1 is 1.47 bits per heavy atom. The van der Waals surface area contributed by atoms with Gasteiger partial charge in [0.1, 0.15) is 0 Å². The normalized spacial score (nSPS) is 11.6. The molecule has 0 heterocycles. The molecule has 0 aliphatic carbocycles. The number of benzene rings is 1. The van der Waals surface area contributed by atoms with Crippen molar-refractivity contribution in [2.75, 3.05) is 0 Å². The first-order valence-corrected chi connectivity index (χ1v) is 10.9. The molecular weight excluding hydrogens is 385 g/mol. The first-order valence-electron chi connectivity index (χ1n) is 4.72. The van der Waals surface area contributed by atoms with Gasteiger partial charge in [0.25, 0.3) is 0 Å². The first kappa shape index (κ1) is 12.6. The Morgan fingerprint density at radius 3 is 2.67 bits per heavy atom. The van der Waals surface area contributed by atoms with Gasteiger partial charge in [0.05, 0.1) is 0 Å². The van der Waals surface area contributed by atoms with Crippen molar-refractivity contribution in [2.24, 2.45) is 0 Å². The summed E-state index contributed by atoms with van der Waals surface area (Å²) in [5.41, 5.74) is 0.909. The second-order valence-electron chi connectivity index (χ2n) is 3.13. The van der Waals surface area contributed by atoms with Gasteiger partial charge in [-0.05, 0) is 0 Å².